The molecule has 1 heterocycles. The van der Waals surface area contributed by atoms with Gasteiger partial charge in [0.1, 0.15) is 0 Å². The van der Waals surface area contributed by atoms with Crippen LogP contribution in [0.3, 0.4) is 0 Å². The highest BCUT2D eigenvalue weighted by molar-refractivity contribution is 7.89. The highest BCUT2D eigenvalue weighted by Gasteiger charge is 2.32. The fourth-order valence-corrected chi connectivity index (χ4v) is 5.02. The van der Waals surface area contributed by atoms with E-state index in [2.05, 4.69) is 5.32 Å². The molecule has 0 saturated carbocycles. The van der Waals surface area contributed by atoms with Crippen molar-refractivity contribution >= 4 is 33.1 Å². The van der Waals surface area contributed by atoms with Gasteiger partial charge < -0.3 is 10.1 Å². The van der Waals surface area contributed by atoms with Gasteiger partial charge in [0.15, 0.2) is 5.78 Å². The third-order valence-corrected chi connectivity index (χ3v) is 6.52. The van der Waals surface area contributed by atoms with Gasteiger partial charge in [-0.2, -0.15) is 4.31 Å². The largest absolute Gasteiger partial charge is 0.378 e. The Morgan fingerprint density at radius 2 is 1.82 bits per heavy atom. The molecule has 1 fully saturated rings. The standard InChI is InChI=1S/C20H23ClN2O4S/c1-14-12-23(13-15(2)27-14)28(25,26)19-8-3-5-16(9-19)20(24)11-22-18-7-4-6-17(21)10-18/h3-10,14-15,22H,11-13H2,1-2H3. The first-order chi connectivity index (χ1) is 13.3. The summed E-state index contributed by atoms with van der Waals surface area (Å²) < 4.78 is 33.0. The monoisotopic (exact) mass is 422 g/mol. The van der Waals surface area contributed by atoms with E-state index in [1.54, 1.807) is 36.4 Å². The Morgan fingerprint density at radius 1 is 1.14 bits per heavy atom. The Bertz CT molecular complexity index is 954. The number of morpholine rings is 1. The third kappa shape index (κ3) is 4.91. The zero-order valence-electron chi connectivity index (χ0n) is 15.8. The van der Waals surface area contributed by atoms with Crippen LogP contribution < -0.4 is 5.32 Å². The van der Waals surface area contributed by atoms with Crippen LogP contribution in [0.2, 0.25) is 5.02 Å². The molecule has 8 heteroatoms. The van der Waals surface area contributed by atoms with E-state index in [0.717, 1.165) is 5.69 Å². The van der Waals surface area contributed by atoms with Crippen molar-refractivity contribution in [1.82, 2.24) is 4.31 Å². The number of anilines is 1. The number of halogens is 1. The Labute approximate surface area is 170 Å². The Kier molecular flexibility index (Phi) is 6.40. The summed E-state index contributed by atoms with van der Waals surface area (Å²) in [5.74, 6) is -0.208. The summed E-state index contributed by atoms with van der Waals surface area (Å²) in [5, 5.41) is 3.58. The summed E-state index contributed by atoms with van der Waals surface area (Å²) in [6, 6.07) is 13.2. The van der Waals surface area contributed by atoms with Gasteiger partial charge in [-0.05, 0) is 44.2 Å². The molecule has 3 rings (SSSR count). The van der Waals surface area contributed by atoms with Crippen LogP contribution in [0.25, 0.3) is 0 Å². The molecule has 28 heavy (non-hydrogen) atoms. The van der Waals surface area contributed by atoms with E-state index in [0.29, 0.717) is 23.7 Å². The van der Waals surface area contributed by atoms with Gasteiger partial charge in [-0.3, -0.25) is 4.79 Å². The molecule has 0 aliphatic carbocycles. The van der Waals surface area contributed by atoms with Gasteiger partial charge in [-0.25, -0.2) is 8.42 Å². The minimum absolute atomic E-state index is 0.0372. The van der Waals surface area contributed by atoms with E-state index in [-0.39, 0.29) is 29.4 Å². The first-order valence-corrected chi connectivity index (χ1v) is 10.9. The van der Waals surface area contributed by atoms with Crippen molar-refractivity contribution < 1.29 is 17.9 Å². The van der Waals surface area contributed by atoms with Crippen LogP contribution in [0.15, 0.2) is 53.4 Å². The summed E-state index contributed by atoms with van der Waals surface area (Å²) >= 11 is 5.94. The second kappa shape index (κ2) is 8.61. The average molecular weight is 423 g/mol. The van der Waals surface area contributed by atoms with Crippen molar-refractivity contribution in [3.8, 4) is 0 Å². The minimum atomic E-state index is -3.69. The molecule has 2 atom stereocenters. The average Bonchev–Trinajstić information content (AvgIpc) is 2.65. The number of sulfonamides is 1. The molecule has 0 bridgehead atoms. The van der Waals surface area contributed by atoms with Gasteiger partial charge in [0.25, 0.3) is 0 Å². The van der Waals surface area contributed by atoms with Crippen molar-refractivity contribution in [3.63, 3.8) is 0 Å². The van der Waals surface area contributed by atoms with E-state index in [1.165, 1.54) is 16.4 Å². The lowest BCUT2D eigenvalue weighted by Gasteiger charge is -2.34. The van der Waals surface area contributed by atoms with Crippen molar-refractivity contribution in [1.29, 1.82) is 0 Å². The maximum atomic E-state index is 13.0. The summed E-state index contributed by atoms with van der Waals surface area (Å²) in [7, 11) is -3.69. The van der Waals surface area contributed by atoms with Crippen molar-refractivity contribution in [2.45, 2.75) is 31.0 Å². The molecule has 0 amide bonds. The molecule has 1 aliphatic rings. The van der Waals surface area contributed by atoms with E-state index in [1.807, 2.05) is 13.8 Å². The number of rotatable bonds is 6. The predicted molar refractivity (Wildman–Crippen MR) is 109 cm³/mol. The van der Waals surface area contributed by atoms with E-state index < -0.39 is 10.0 Å². The Balaban J connectivity index is 1.74. The number of Topliss-reactive ketones (excluding diaryl/α,β-unsaturated/α-hetero) is 1. The van der Waals surface area contributed by atoms with Gasteiger partial charge in [0.2, 0.25) is 10.0 Å². The maximum Gasteiger partial charge on any atom is 0.243 e. The summed E-state index contributed by atoms with van der Waals surface area (Å²) in [6.07, 6.45) is -0.351. The lowest BCUT2D eigenvalue weighted by molar-refractivity contribution is -0.0440. The number of hydrogen-bond donors (Lipinski definition) is 1. The molecule has 0 spiro atoms. The lowest BCUT2D eigenvalue weighted by atomic mass is 10.1. The number of carbonyl (C=O) groups is 1. The van der Waals surface area contributed by atoms with E-state index in [9.17, 15) is 13.2 Å². The van der Waals surface area contributed by atoms with Crippen LogP contribution in [0.4, 0.5) is 5.69 Å². The van der Waals surface area contributed by atoms with E-state index >= 15 is 0 Å². The molecular weight excluding hydrogens is 400 g/mol. The molecule has 2 aromatic rings. The molecule has 2 unspecified atom stereocenters. The molecular formula is C20H23ClN2O4S. The quantitative estimate of drug-likeness (QED) is 0.722. The number of nitrogens with zero attached hydrogens (tertiary/aromatic N) is 1. The van der Waals surface area contributed by atoms with Crippen molar-refractivity contribution in [2.75, 3.05) is 25.0 Å². The maximum absolute atomic E-state index is 13.0. The highest BCUT2D eigenvalue weighted by Crippen LogP contribution is 2.22. The smallest absolute Gasteiger partial charge is 0.243 e. The topological polar surface area (TPSA) is 75.7 Å². The van der Waals surface area contributed by atoms with Gasteiger partial charge in [0.05, 0.1) is 23.6 Å². The van der Waals surface area contributed by atoms with Gasteiger partial charge in [0, 0.05) is 29.4 Å². The van der Waals surface area contributed by atoms with Crippen LogP contribution in [0.5, 0.6) is 0 Å². The number of ketones is 1. The first-order valence-electron chi connectivity index (χ1n) is 9.04. The van der Waals surface area contributed by atoms with Crippen LogP contribution >= 0.6 is 11.6 Å². The van der Waals surface area contributed by atoms with Crippen molar-refractivity contribution in [3.05, 3.63) is 59.1 Å². The second-order valence-electron chi connectivity index (χ2n) is 6.89. The molecule has 150 valence electrons. The van der Waals surface area contributed by atoms with Crippen LogP contribution in [0, 0.1) is 0 Å². The Morgan fingerprint density at radius 3 is 2.50 bits per heavy atom. The van der Waals surface area contributed by atoms with E-state index in [4.69, 9.17) is 16.3 Å². The molecule has 1 saturated heterocycles. The number of benzene rings is 2. The fraction of sp³-hybridized carbons (Fsp3) is 0.350. The minimum Gasteiger partial charge on any atom is -0.378 e. The highest BCUT2D eigenvalue weighted by atomic mass is 35.5. The molecule has 0 aromatic heterocycles. The van der Waals surface area contributed by atoms with Gasteiger partial charge in [-0.1, -0.05) is 29.8 Å². The van der Waals surface area contributed by atoms with Gasteiger partial charge >= 0.3 is 0 Å². The molecule has 1 N–H and O–H groups in total. The Hall–Kier alpha value is -1.93. The summed E-state index contributed by atoms with van der Waals surface area (Å²) in [5.41, 5.74) is 1.06. The number of nitrogens with one attached hydrogen (secondary N) is 1. The number of ether oxygens (including phenoxy) is 1. The zero-order valence-corrected chi connectivity index (χ0v) is 17.3. The molecule has 6 nitrogen and oxygen atoms in total. The normalized spacial score (nSPS) is 20.7. The number of hydrogen-bond acceptors (Lipinski definition) is 5. The zero-order chi connectivity index (χ0) is 20.3. The first kappa shape index (κ1) is 20.8. The van der Waals surface area contributed by atoms with Crippen LogP contribution in [0.1, 0.15) is 24.2 Å². The third-order valence-electron chi connectivity index (χ3n) is 4.46. The van der Waals surface area contributed by atoms with Gasteiger partial charge in [-0.15, -0.1) is 0 Å². The lowest BCUT2D eigenvalue weighted by Crippen LogP contribution is -2.48. The fourth-order valence-electron chi connectivity index (χ4n) is 3.19. The molecule has 0 radical (unpaired) electrons. The van der Waals surface area contributed by atoms with Crippen molar-refractivity contribution in [2.24, 2.45) is 0 Å². The number of carbonyl (C=O) groups excluding carboxylic acids is 1. The van der Waals surface area contributed by atoms with Crippen LogP contribution in [-0.2, 0) is 14.8 Å². The second-order valence-corrected chi connectivity index (χ2v) is 9.27. The molecule has 2 aromatic carbocycles. The predicted octanol–water partition coefficient (Wildman–Crippen LogP) is 3.43. The van der Waals surface area contributed by atoms with Crippen LogP contribution in [-0.4, -0.2) is 50.3 Å². The molecule has 1 aliphatic heterocycles. The summed E-state index contributed by atoms with van der Waals surface area (Å²) in [4.78, 5) is 12.7. The summed E-state index contributed by atoms with van der Waals surface area (Å²) in [6.45, 7) is 4.32. The SMILES string of the molecule is CC1CN(S(=O)(=O)c2cccc(C(=O)CNc3cccc(Cl)c3)c2)CC(C)O1.